The van der Waals surface area contributed by atoms with Gasteiger partial charge in [0.25, 0.3) is 0 Å². The van der Waals surface area contributed by atoms with Crippen molar-refractivity contribution in [1.82, 2.24) is 19.7 Å². The van der Waals surface area contributed by atoms with Gasteiger partial charge in [0.2, 0.25) is 0 Å². The van der Waals surface area contributed by atoms with Crippen LogP contribution in [0.25, 0.3) is 0 Å². The highest BCUT2D eigenvalue weighted by Gasteiger charge is 2.07. The van der Waals surface area contributed by atoms with Crippen LogP contribution >= 0.6 is 11.6 Å². The van der Waals surface area contributed by atoms with Gasteiger partial charge in [-0.05, 0) is 0 Å². The van der Waals surface area contributed by atoms with Crippen molar-refractivity contribution in [2.45, 2.75) is 0 Å². The Morgan fingerprint density at radius 1 is 1.50 bits per heavy atom. The van der Waals surface area contributed by atoms with Crippen molar-refractivity contribution in [2.75, 3.05) is 5.32 Å². The molecule has 6 nitrogen and oxygen atoms in total. The van der Waals surface area contributed by atoms with Crippen molar-refractivity contribution in [3.63, 3.8) is 0 Å². The lowest BCUT2D eigenvalue weighted by atomic mass is 10.4. The third-order valence-electron chi connectivity index (χ3n) is 1.82. The van der Waals surface area contributed by atoms with E-state index in [1.165, 1.54) is 6.20 Å². The van der Waals surface area contributed by atoms with Gasteiger partial charge in [0.15, 0.2) is 11.5 Å². The Bertz CT molecular complexity index is 555. The molecule has 7 heteroatoms. The van der Waals surface area contributed by atoms with Crippen molar-refractivity contribution in [2.24, 2.45) is 7.05 Å². The van der Waals surface area contributed by atoms with Gasteiger partial charge in [-0.15, -0.1) is 0 Å². The van der Waals surface area contributed by atoms with E-state index in [1.807, 2.05) is 6.07 Å². The second-order valence-corrected chi connectivity index (χ2v) is 3.42. The van der Waals surface area contributed by atoms with E-state index in [1.54, 1.807) is 24.1 Å². The van der Waals surface area contributed by atoms with Crippen LogP contribution in [0.4, 0.5) is 11.5 Å². The number of hydrogen-bond donors (Lipinski definition) is 1. The third-order valence-corrected chi connectivity index (χ3v) is 2.00. The molecule has 1 N–H and O–H groups in total. The summed E-state index contributed by atoms with van der Waals surface area (Å²) in [6, 6.07) is 1.92. The number of rotatable bonds is 2. The number of anilines is 2. The van der Waals surface area contributed by atoms with Gasteiger partial charge in [0.1, 0.15) is 11.2 Å². The molecule has 0 saturated heterocycles. The van der Waals surface area contributed by atoms with E-state index in [0.29, 0.717) is 5.82 Å². The third kappa shape index (κ3) is 2.10. The van der Waals surface area contributed by atoms with E-state index < -0.39 is 0 Å². The minimum Gasteiger partial charge on any atom is -0.335 e. The van der Waals surface area contributed by atoms with Crippen LogP contribution in [-0.2, 0) is 7.05 Å². The summed E-state index contributed by atoms with van der Waals surface area (Å²) in [6.45, 7) is 0. The topological polar surface area (TPSA) is 79.4 Å². The smallest absolute Gasteiger partial charge is 0.184 e. The molecule has 0 spiro atoms. The molecule has 0 aromatic carbocycles. The Morgan fingerprint density at radius 2 is 2.31 bits per heavy atom. The van der Waals surface area contributed by atoms with Gasteiger partial charge in [-0.25, -0.2) is 9.97 Å². The largest absolute Gasteiger partial charge is 0.335 e. The zero-order chi connectivity index (χ0) is 11.5. The average Bonchev–Trinajstić information content (AvgIpc) is 2.67. The maximum atomic E-state index is 8.85. The fraction of sp³-hybridized carbons (Fsp3) is 0.111. The summed E-state index contributed by atoms with van der Waals surface area (Å²) < 4.78 is 1.64. The minimum atomic E-state index is 0.149. The average molecular weight is 235 g/mol. The van der Waals surface area contributed by atoms with Crippen LogP contribution in [0.15, 0.2) is 18.6 Å². The van der Waals surface area contributed by atoms with Gasteiger partial charge in [-0.1, -0.05) is 11.6 Å². The maximum Gasteiger partial charge on any atom is 0.184 e. The van der Waals surface area contributed by atoms with Crippen LogP contribution < -0.4 is 5.32 Å². The number of nitriles is 1. The highest BCUT2D eigenvalue weighted by molar-refractivity contribution is 6.29. The molecule has 0 amide bonds. The second kappa shape index (κ2) is 4.16. The summed E-state index contributed by atoms with van der Waals surface area (Å²) in [6.07, 6.45) is 4.76. The van der Waals surface area contributed by atoms with E-state index in [9.17, 15) is 0 Å². The predicted molar refractivity (Wildman–Crippen MR) is 58.2 cm³/mol. The lowest BCUT2D eigenvalue weighted by Crippen LogP contribution is -1.98. The Labute approximate surface area is 96.5 Å². The summed E-state index contributed by atoms with van der Waals surface area (Å²) in [5.41, 5.74) is 0.881. The van der Waals surface area contributed by atoms with Crippen molar-refractivity contribution < 1.29 is 0 Å². The minimum absolute atomic E-state index is 0.149. The monoisotopic (exact) mass is 234 g/mol. The summed E-state index contributed by atoms with van der Waals surface area (Å²) in [4.78, 5) is 7.84. The van der Waals surface area contributed by atoms with E-state index in [2.05, 4.69) is 20.4 Å². The van der Waals surface area contributed by atoms with E-state index in [0.717, 1.165) is 5.69 Å². The fourth-order valence-electron chi connectivity index (χ4n) is 1.16. The molecule has 0 saturated carbocycles. The Balaban J connectivity index is 2.31. The Kier molecular flexibility index (Phi) is 2.70. The van der Waals surface area contributed by atoms with Crippen LogP contribution in [-0.4, -0.2) is 19.7 Å². The molecule has 0 aliphatic rings. The van der Waals surface area contributed by atoms with Crippen molar-refractivity contribution in [3.8, 4) is 6.07 Å². The van der Waals surface area contributed by atoms with E-state index in [-0.39, 0.29) is 10.8 Å². The maximum absolute atomic E-state index is 8.85. The number of aryl methyl sites for hydroxylation is 1. The molecule has 0 bridgehead atoms. The zero-order valence-corrected chi connectivity index (χ0v) is 9.10. The van der Waals surface area contributed by atoms with Gasteiger partial charge in [-0.2, -0.15) is 10.4 Å². The Hall–Kier alpha value is -2.13. The normalized spacial score (nSPS) is 9.81. The van der Waals surface area contributed by atoms with E-state index >= 15 is 0 Å². The molecule has 0 aliphatic heterocycles. The second-order valence-electron chi connectivity index (χ2n) is 3.03. The van der Waals surface area contributed by atoms with Crippen molar-refractivity contribution in [3.05, 3.63) is 29.4 Å². The molecular weight excluding hydrogens is 228 g/mol. The molecule has 0 radical (unpaired) electrons. The molecule has 0 unspecified atom stereocenters. The first kappa shape index (κ1) is 10.4. The van der Waals surface area contributed by atoms with Crippen LogP contribution in [0.3, 0.4) is 0 Å². The number of hydrogen-bond acceptors (Lipinski definition) is 5. The van der Waals surface area contributed by atoms with Gasteiger partial charge in [0, 0.05) is 13.2 Å². The molecule has 0 aliphatic carbocycles. The number of nitrogens with one attached hydrogen (secondary N) is 1. The van der Waals surface area contributed by atoms with Crippen molar-refractivity contribution >= 4 is 23.1 Å². The van der Waals surface area contributed by atoms with E-state index in [4.69, 9.17) is 16.9 Å². The van der Waals surface area contributed by atoms with Gasteiger partial charge in [-0.3, -0.25) is 4.68 Å². The first-order chi connectivity index (χ1) is 7.69. The van der Waals surface area contributed by atoms with Crippen molar-refractivity contribution in [1.29, 1.82) is 5.26 Å². The fourth-order valence-corrected chi connectivity index (χ4v) is 1.29. The highest BCUT2D eigenvalue weighted by atomic mass is 35.5. The molecule has 2 rings (SSSR count). The Morgan fingerprint density at radius 3 is 2.94 bits per heavy atom. The molecule has 80 valence electrons. The number of halogens is 1. The first-order valence-electron chi connectivity index (χ1n) is 4.37. The van der Waals surface area contributed by atoms with Crippen LogP contribution in [0.5, 0.6) is 0 Å². The lowest BCUT2D eigenvalue weighted by molar-refractivity contribution is 0.768. The summed E-state index contributed by atoms with van der Waals surface area (Å²) in [5, 5.41) is 16.0. The standard InChI is InChI=1S/C9H7ClN6/c1-16-5-6(3-13-16)14-9-7(2-11)15-8(10)4-12-9/h3-5H,1H3,(H,12,14). The first-order valence-corrected chi connectivity index (χ1v) is 4.75. The summed E-state index contributed by atoms with van der Waals surface area (Å²) in [5.74, 6) is 0.361. The quantitative estimate of drug-likeness (QED) is 0.851. The molecule has 2 aromatic heterocycles. The van der Waals surface area contributed by atoms with Gasteiger partial charge >= 0.3 is 0 Å². The molecule has 2 aromatic rings. The van der Waals surface area contributed by atoms with Crippen LogP contribution in [0.2, 0.25) is 5.15 Å². The van der Waals surface area contributed by atoms with Gasteiger partial charge in [0.05, 0.1) is 18.1 Å². The predicted octanol–water partition coefficient (Wildman–Crippen LogP) is 1.48. The molecule has 16 heavy (non-hydrogen) atoms. The molecular formula is C9H7ClN6. The lowest BCUT2D eigenvalue weighted by Gasteiger charge is -2.03. The summed E-state index contributed by atoms with van der Waals surface area (Å²) in [7, 11) is 1.80. The van der Waals surface area contributed by atoms with Crippen LogP contribution in [0.1, 0.15) is 5.69 Å². The zero-order valence-electron chi connectivity index (χ0n) is 8.35. The number of aromatic nitrogens is 4. The number of nitrogens with zero attached hydrogens (tertiary/aromatic N) is 5. The SMILES string of the molecule is Cn1cc(Nc2ncc(Cl)nc2C#N)cn1. The van der Waals surface area contributed by atoms with Gasteiger partial charge < -0.3 is 5.32 Å². The molecule has 2 heterocycles. The molecule has 0 fully saturated rings. The highest BCUT2D eigenvalue weighted by Crippen LogP contribution is 2.17. The molecule has 0 atom stereocenters. The van der Waals surface area contributed by atoms with Crippen LogP contribution in [0, 0.1) is 11.3 Å². The summed E-state index contributed by atoms with van der Waals surface area (Å²) >= 11 is 5.63.